The number of piperazine rings is 1. The predicted molar refractivity (Wildman–Crippen MR) is 146 cm³/mol. The van der Waals surface area contributed by atoms with Crippen molar-refractivity contribution in [2.24, 2.45) is 5.73 Å². The summed E-state index contributed by atoms with van der Waals surface area (Å²) in [6, 6.07) is 6.52. The SMILES string of the molecule is CCc1nc(C(N)=O)c(Nc2ccc(N3CCC(N4CCN(C)CC4)CC3)c(OCCOC)c2)nc1Cl. The molecule has 2 saturated heterocycles. The van der Waals surface area contributed by atoms with Crippen LogP contribution in [0.3, 0.4) is 0 Å². The van der Waals surface area contributed by atoms with Crippen molar-refractivity contribution in [3.63, 3.8) is 0 Å². The largest absolute Gasteiger partial charge is 0.489 e. The lowest BCUT2D eigenvalue weighted by atomic mass is 10.0. The van der Waals surface area contributed by atoms with Gasteiger partial charge < -0.3 is 30.3 Å². The summed E-state index contributed by atoms with van der Waals surface area (Å²) in [4.78, 5) is 28.1. The summed E-state index contributed by atoms with van der Waals surface area (Å²) in [5.41, 5.74) is 7.89. The quantitative estimate of drug-likeness (QED) is 0.447. The Balaban J connectivity index is 1.51. The Morgan fingerprint density at radius 2 is 1.86 bits per heavy atom. The fourth-order valence-electron chi connectivity index (χ4n) is 4.93. The van der Waals surface area contributed by atoms with Gasteiger partial charge in [0.1, 0.15) is 12.4 Å². The van der Waals surface area contributed by atoms with E-state index in [2.05, 4.69) is 37.0 Å². The number of ether oxygens (including phenoxy) is 2. The molecule has 202 valence electrons. The van der Waals surface area contributed by atoms with Gasteiger partial charge in [0.2, 0.25) is 0 Å². The van der Waals surface area contributed by atoms with E-state index in [0.29, 0.717) is 37.1 Å². The van der Waals surface area contributed by atoms with Gasteiger partial charge in [-0.1, -0.05) is 18.5 Å². The third kappa shape index (κ3) is 6.81. The van der Waals surface area contributed by atoms with Crippen LogP contribution in [-0.2, 0) is 11.2 Å². The Morgan fingerprint density at radius 3 is 2.51 bits per heavy atom. The van der Waals surface area contributed by atoms with Crippen molar-refractivity contribution >= 4 is 34.7 Å². The van der Waals surface area contributed by atoms with E-state index in [1.165, 1.54) is 0 Å². The number of piperidine rings is 1. The fraction of sp³-hybridized carbons (Fsp3) is 0.577. The zero-order chi connectivity index (χ0) is 26.4. The zero-order valence-electron chi connectivity index (χ0n) is 22.0. The number of anilines is 3. The minimum atomic E-state index is -0.669. The van der Waals surface area contributed by atoms with E-state index in [9.17, 15) is 4.79 Å². The Hall–Kier alpha value is -2.66. The first-order chi connectivity index (χ1) is 17.9. The van der Waals surface area contributed by atoms with Gasteiger partial charge in [-0.2, -0.15) is 0 Å². The van der Waals surface area contributed by atoms with Crippen LogP contribution < -0.4 is 20.7 Å². The number of benzene rings is 1. The second-order valence-corrected chi connectivity index (χ2v) is 9.94. The number of carbonyl (C=O) groups excluding carboxylic acids is 1. The molecule has 4 rings (SSSR count). The summed E-state index contributed by atoms with van der Waals surface area (Å²) < 4.78 is 11.3. The lowest BCUT2D eigenvalue weighted by molar-refractivity contribution is 0.0980. The molecule has 2 fully saturated rings. The average molecular weight is 532 g/mol. The second kappa shape index (κ2) is 12.7. The molecule has 0 spiro atoms. The molecule has 0 atom stereocenters. The normalized spacial score (nSPS) is 17.7. The van der Waals surface area contributed by atoms with Crippen LogP contribution in [0.4, 0.5) is 17.2 Å². The molecule has 1 aromatic heterocycles. The van der Waals surface area contributed by atoms with E-state index in [-0.39, 0.29) is 16.7 Å². The minimum absolute atomic E-state index is 0.0538. The number of nitrogens with one attached hydrogen (secondary N) is 1. The van der Waals surface area contributed by atoms with E-state index >= 15 is 0 Å². The van der Waals surface area contributed by atoms with E-state index in [0.717, 1.165) is 63.5 Å². The summed E-state index contributed by atoms with van der Waals surface area (Å²) in [6.45, 7) is 9.30. The highest BCUT2D eigenvalue weighted by molar-refractivity contribution is 6.30. The van der Waals surface area contributed by atoms with Crippen LogP contribution in [0.2, 0.25) is 5.15 Å². The van der Waals surface area contributed by atoms with Crippen molar-refractivity contribution in [3.8, 4) is 5.75 Å². The number of methoxy groups -OCH3 is 1. The van der Waals surface area contributed by atoms with Gasteiger partial charge in [0.15, 0.2) is 16.7 Å². The van der Waals surface area contributed by atoms with Crippen LogP contribution in [0.5, 0.6) is 5.75 Å². The highest BCUT2D eigenvalue weighted by Crippen LogP contribution is 2.35. The number of halogens is 1. The maximum absolute atomic E-state index is 12.0. The Kier molecular flexibility index (Phi) is 9.42. The number of aryl methyl sites for hydroxylation is 1. The molecule has 0 aliphatic carbocycles. The molecule has 1 aromatic carbocycles. The third-order valence-corrected chi connectivity index (χ3v) is 7.42. The molecule has 2 aliphatic heterocycles. The first-order valence-electron chi connectivity index (χ1n) is 13.0. The number of nitrogens with two attached hydrogens (primary N) is 1. The first-order valence-corrected chi connectivity index (χ1v) is 13.3. The number of nitrogens with zero attached hydrogens (tertiary/aromatic N) is 5. The van der Waals surface area contributed by atoms with E-state index in [1.54, 1.807) is 7.11 Å². The van der Waals surface area contributed by atoms with Gasteiger partial charge in [-0.15, -0.1) is 0 Å². The maximum Gasteiger partial charge on any atom is 0.271 e. The number of hydrogen-bond donors (Lipinski definition) is 2. The van der Waals surface area contributed by atoms with Gasteiger partial charge in [-0.05, 0) is 38.4 Å². The summed E-state index contributed by atoms with van der Waals surface area (Å²) in [6.07, 6.45) is 2.80. The molecule has 11 heteroatoms. The molecule has 2 aliphatic rings. The third-order valence-electron chi connectivity index (χ3n) is 7.11. The van der Waals surface area contributed by atoms with Crippen LogP contribution in [0.25, 0.3) is 0 Å². The molecule has 0 saturated carbocycles. The van der Waals surface area contributed by atoms with Crippen LogP contribution in [0.1, 0.15) is 35.9 Å². The smallest absolute Gasteiger partial charge is 0.271 e. The van der Waals surface area contributed by atoms with Crippen molar-refractivity contribution in [3.05, 3.63) is 34.7 Å². The first kappa shape index (κ1) is 27.4. The van der Waals surface area contributed by atoms with E-state index < -0.39 is 5.91 Å². The van der Waals surface area contributed by atoms with Crippen molar-refractivity contribution in [2.75, 3.05) is 76.9 Å². The average Bonchev–Trinajstić information content (AvgIpc) is 2.89. The van der Waals surface area contributed by atoms with E-state index in [1.807, 2.05) is 25.1 Å². The number of primary amides is 1. The molecule has 0 unspecified atom stereocenters. The fourth-order valence-corrected chi connectivity index (χ4v) is 5.19. The number of amides is 1. The van der Waals surface area contributed by atoms with Crippen molar-refractivity contribution in [1.29, 1.82) is 0 Å². The lowest BCUT2D eigenvalue weighted by Gasteiger charge is -2.42. The number of aromatic nitrogens is 2. The molecule has 3 N–H and O–H groups in total. The van der Waals surface area contributed by atoms with E-state index in [4.69, 9.17) is 26.8 Å². The van der Waals surface area contributed by atoms with Crippen LogP contribution >= 0.6 is 11.6 Å². The number of likely N-dealkylation sites (N-methyl/N-ethyl adjacent to an activating group) is 1. The predicted octanol–water partition coefficient (Wildman–Crippen LogP) is 2.78. The molecule has 10 nitrogen and oxygen atoms in total. The molecule has 3 heterocycles. The summed E-state index contributed by atoms with van der Waals surface area (Å²) in [7, 11) is 3.85. The number of hydrogen-bond acceptors (Lipinski definition) is 9. The molecule has 37 heavy (non-hydrogen) atoms. The lowest BCUT2D eigenvalue weighted by Crippen LogP contribution is -2.52. The Labute approximate surface area is 224 Å². The minimum Gasteiger partial charge on any atom is -0.489 e. The molecule has 2 aromatic rings. The maximum atomic E-state index is 12.0. The summed E-state index contributed by atoms with van der Waals surface area (Å²) >= 11 is 6.27. The standard InChI is InChI=1S/C26H38ClN7O3/c1-4-20-24(27)31-26(23(30-20)25(28)35)29-18-5-6-21(22(17-18)37-16-15-36-3)34-9-7-19(8-10-34)33-13-11-32(2)12-14-33/h5-6,17,19H,4,7-16H2,1-3H3,(H2,28,35)(H,29,31). The van der Waals surface area contributed by atoms with Gasteiger partial charge in [0.05, 0.1) is 18.0 Å². The Morgan fingerprint density at radius 1 is 1.14 bits per heavy atom. The van der Waals surface area contributed by atoms with Crippen molar-refractivity contribution < 1.29 is 14.3 Å². The van der Waals surface area contributed by atoms with Crippen molar-refractivity contribution in [1.82, 2.24) is 19.8 Å². The Bertz CT molecular complexity index is 1070. The van der Waals surface area contributed by atoms with Crippen LogP contribution in [0, 0.1) is 0 Å². The number of rotatable bonds is 10. The van der Waals surface area contributed by atoms with Crippen molar-refractivity contribution in [2.45, 2.75) is 32.2 Å². The summed E-state index contributed by atoms with van der Waals surface area (Å²) in [5, 5.41) is 3.40. The molecule has 0 bridgehead atoms. The van der Waals surface area contributed by atoms with Gasteiger partial charge in [-0.25, -0.2) is 9.97 Å². The van der Waals surface area contributed by atoms with Gasteiger partial charge in [-0.3, -0.25) is 9.69 Å². The monoisotopic (exact) mass is 531 g/mol. The molecular weight excluding hydrogens is 494 g/mol. The molecular formula is C26H38ClN7O3. The number of carbonyl (C=O) groups is 1. The zero-order valence-corrected chi connectivity index (χ0v) is 22.8. The topological polar surface area (TPSA) is 109 Å². The van der Waals surface area contributed by atoms with Gasteiger partial charge in [0, 0.05) is 64.2 Å². The second-order valence-electron chi connectivity index (χ2n) is 9.58. The summed E-state index contributed by atoms with van der Waals surface area (Å²) in [5.74, 6) is 0.293. The molecule has 0 radical (unpaired) electrons. The van der Waals surface area contributed by atoms with Gasteiger partial charge >= 0.3 is 0 Å². The van der Waals surface area contributed by atoms with Crippen LogP contribution in [-0.4, -0.2) is 98.4 Å². The van der Waals surface area contributed by atoms with Gasteiger partial charge in [0.25, 0.3) is 5.91 Å². The molecule has 1 amide bonds. The highest BCUT2D eigenvalue weighted by atomic mass is 35.5. The highest BCUT2D eigenvalue weighted by Gasteiger charge is 2.28. The van der Waals surface area contributed by atoms with Crippen LogP contribution in [0.15, 0.2) is 18.2 Å².